The molecule has 110 valence electrons. The Kier molecular flexibility index (Phi) is 4.03. The van der Waals surface area contributed by atoms with E-state index in [-0.39, 0.29) is 27.9 Å². The lowest BCUT2D eigenvalue weighted by Gasteiger charge is -2.30. The van der Waals surface area contributed by atoms with Crippen LogP contribution in [0.15, 0.2) is 23.1 Å². The Bertz CT molecular complexity index is 661. The van der Waals surface area contributed by atoms with Gasteiger partial charge in [-0.1, -0.05) is 23.2 Å². The van der Waals surface area contributed by atoms with Gasteiger partial charge >= 0.3 is 5.97 Å². The van der Waals surface area contributed by atoms with Gasteiger partial charge in [0.1, 0.15) is 10.4 Å². The summed E-state index contributed by atoms with van der Waals surface area (Å²) in [5.41, 5.74) is -1.45. The summed E-state index contributed by atoms with van der Waals surface area (Å²) >= 11 is 11.7. The molecule has 1 saturated heterocycles. The van der Waals surface area contributed by atoms with Crippen LogP contribution < -0.4 is 0 Å². The van der Waals surface area contributed by atoms with E-state index in [4.69, 9.17) is 23.2 Å². The highest BCUT2D eigenvalue weighted by molar-refractivity contribution is 7.89. The molecule has 0 aliphatic carbocycles. The van der Waals surface area contributed by atoms with Crippen LogP contribution in [0.1, 0.15) is 19.8 Å². The van der Waals surface area contributed by atoms with Gasteiger partial charge in [-0.3, -0.25) is 4.79 Å². The molecule has 0 saturated carbocycles. The van der Waals surface area contributed by atoms with Gasteiger partial charge in [0.25, 0.3) is 0 Å². The van der Waals surface area contributed by atoms with E-state index in [1.165, 1.54) is 25.1 Å². The maximum Gasteiger partial charge on any atom is 0.324 e. The molecule has 5 nitrogen and oxygen atoms in total. The molecule has 1 unspecified atom stereocenters. The van der Waals surface area contributed by atoms with Crippen LogP contribution in [-0.2, 0) is 14.8 Å². The Morgan fingerprint density at radius 3 is 2.65 bits per heavy atom. The largest absolute Gasteiger partial charge is 0.480 e. The summed E-state index contributed by atoms with van der Waals surface area (Å²) in [6.07, 6.45) is 0.750. The van der Waals surface area contributed by atoms with E-state index in [0.717, 1.165) is 4.31 Å². The number of carboxylic acid groups (broad SMARTS) is 1. The number of benzene rings is 1. The molecule has 0 amide bonds. The highest BCUT2D eigenvalue weighted by Gasteiger charge is 2.50. The van der Waals surface area contributed by atoms with Gasteiger partial charge in [-0.05, 0) is 38.0 Å². The van der Waals surface area contributed by atoms with Crippen molar-refractivity contribution in [3.8, 4) is 0 Å². The molecule has 2 rings (SSSR count). The number of sulfonamides is 1. The molecule has 1 N–H and O–H groups in total. The molecule has 1 aliphatic heterocycles. The zero-order valence-electron chi connectivity index (χ0n) is 10.6. The summed E-state index contributed by atoms with van der Waals surface area (Å²) in [6, 6.07) is 4.09. The van der Waals surface area contributed by atoms with Crippen molar-refractivity contribution in [2.24, 2.45) is 0 Å². The molecular weight excluding hydrogens is 325 g/mol. The average Bonchev–Trinajstić information content (AvgIpc) is 2.76. The number of hydrogen-bond donors (Lipinski definition) is 1. The topological polar surface area (TPSA) is 74.7 Å². The van der Waals surface area contributed by atoms with Gasteiger partial charge in [-0.15, -0.1) is 0 Å². The van der Waals surface area contributed by atoms with E-state index in [1.807, 2.05) is 0 Å². The zero-order chi connectivity index (χ0) is 15.1. The van der Waals surface area contributed by atoms with Crippen LogP contribution in [0.4, 0.5) is 0 Å². The number of halogens is 2. The lowest BCUT2D eigenvalue weighted by molar-refractivity contribution is -0.146. The van der Waals surface area contributed by atoms with E-state index in [2.05, 4.69) is 0 Å². The Morgan fingerprint density at radius 1 is 1.40 bits per heavy atom. The fourth-order valence-electron chi connectivity index (χ4n) is 2.33. The number of aliphatic carboxylic acids is 1. The van der Waals surface area contributed by atoms with Crippen molar-refractivity contribution in [1.82, 2.24) is 4.31 Å². The molecule has 0 aromatic heterocycles. The second-order valence-corrected chi connectivity index (χ2v) is 7.51. The fraction of sp³-hybridized carbons (Fsp3) is 0.417. The molecule has 8 heteroatoms. The predicted molar refractivity (Wildman–Crippen MR) is 75.6 cm³/mol. The third-order valence-electron chi connectivity index (χ3n) is 3.50. The van der Waals surface area contributed by atoms with Crippen LogP contribution in [0.5, 0.6) is 0 Å². The number of carbonyl (C=O) groups is 1. The van der Waals surface area contributed by atoms with Crippen molar-refractivity contribution >= 4 is 39.2 Å². The second kappa shape index (κ2) is 5.18. The van der Waals surface area contributed by atoms with Crippen LogP contribution in [0.2, 0.25) is 10.0 Å². The van der Waals surface area contributed by atoms with Crippen LogP contribution in [-0.4, -0.2) is 35.9 Å². The van der Waals surface area contributed by atoms with E-state index in [9.17, 15) is 18.3 Å². The molecule has 0 radical (unpaired) electrons. The van der Waals surface area contributed by atoms with Crippen LogP contribution in [0.3, 0.4) is 0 Å². The monoisotopic (exact) mass is 337 g/mol. The maximum absolute atomic E-state index is 12.6. The molecular formula is C12H13Cl2NO4S. The lowest BCUT2D eigenvalue weighted by Crippen LogP contribution is -2.50. The normalized spacial score (nSPS) is 23.9. The summed E-state index contributed by atoms with van der Waals surface area (Å²) in [5, 5.41) is 9.56. The smallest absolute Gasteiger partial charge is 0.324 e. The second-order valence-electron chi connectivity index (χ2n) is 4.83. The number of carboxylic acids is 1. The summed E-state index contributed by atoms with van der Waals surface area (Å²) in [6.45, 7) is 1.55. The van der Waals surface area contributed by atoms with Crippen molar-refractivity contribution < 1.29 is 18.3 Å². The molecule has 1 aromatic carbocycles. The van der Waals surface area contributed by atoms with Crippen molar-refractivity contribution in [1.29, 1.82) is 0 Å². The van der Waals surface area contributed by atoms with Gasteiger partial charge in [0.2, 0.25) is 10.0 Å². The molecule has 0 spiro atoms. The first-order valence-electron chi connectivity index (χ1n) is 5.91. The first-order chi connectivity index (χ1) is 9.19. The van der Waals surface area contributed by atoms with Crippen LogP contribution in [0.25, 0.3) is 0 Å². The third kappa shape index (κ3) is 2.41. The van der Waals surface area contributed by atoms with E-state index >= 15 is 0 Å². The van der Waals surface area contributed by atoms with E-state index in [0.29, 0.717) is 6.42 Å². The Hall–Kier alpha value is -0.820. The van der Waals surface area contributed by atoms with Gasteiger partial charge < -0.3 is 5.11 Å². The summed E-state index contributed by atoms with van der Waals surface area (Å²) in [4.78, 5) is 11.2. The minimum atomic E-state index is -4.01. The SMILES string of the molecule is CC1(C(=O)O)CCCN1S(=O)(=O)c1cc(Cl)ccc1Cl. The van der Waals surface area contributed by atoms with E-state index in [1.54, 1.807) is 0 Å². The van der Waals surface area contributed by atoms with Crippen molar-refractivity contribution in [2.45, 2.75) is 30.2 Å². The number of nitrogens with zero attached hydrogens (tertiary/aromatic N) is 1. The van der Waals surface area contributed by atoms with Gasteiger partial charge in [0.15, 0.2) is 0 Å². The lowest BCUT2D eigenvalue weighted by atomic mass is 10.0. The zero-order valence-corrected chi connectivity index (χ0v) is 13.0. The summed E-state index contributed by atoms with van der Waals surface area (Å²) in [5.74, 6) is -1.17. The summed E-state index contributed by atoms with van der Waals surface area (Å²) in [7, 11) is -4.01. The minimum absolute atomic E-state index is 0.0223. The summed E-state index contributed by atoms with van der Waals surface area (Å²) < 4.78 is 26.3. The Morgan fingerprint density at radius 2 is 2.05 bits per heavy atom. The standard InChI is InChI=1S/C12H13Cl2NO4S/c1-12(11(16)17)5-2-6-15(12)20(18,19)10-7-8(13)3-4-9(10)14/h3-4,7H,2,5-6H2,1H3,(H,16,17). The van der Waals surface area contributed by atoms with Gasteiger partial charge in [-0.25, -0.2) is 8.42 Å². The van der Waals surface area contributed by atoms with Gasteiger partial charge in [-0.2, -0.15) is 4.31 Å². The number of hydrogen-bond acceptors (Lipinski definition) is 3. The van der Waals surface area contributed by atoms with Crippen molar-refractivity contribution in [3.05, 3.63) is 28.2 Å². The third-order valence-corrected chi connectivity index (χ3v) is 6.23. The molecule has 0 bridgehead atoms. The molecule has 1 aromatic rings. The fourth-order valence-corrected chi connectivity index (χ4v) is 4.87. The molecule has 1 heterocycles. The molecule has 1 aliphatic rings. The van der Waals surface area contributed by atoms with Crippen LogP contribution >= 0.6 is 23.2 Å². The minimum Gasteiger partial charge on any atom is -0.480 e. The highest BCUT2D eigenvalue weighted by atomic mass is 35.5. The Balaban J connectivity index is 2.55. The van der Waals surface area contributed by atoms with Gasteiger partial charge in [0, 0.05) is 11.6 Å². The average molecular weight is 338 g/mol. The first kappa shape index (κ1) is 15.6. The first-order valence-corrected chi connectivity index (χ1v) is 8.10. The highest BCUT2D eigenvalue weighted by Crippen LogP contribution is 2.37. The maximum atomic E-state index is 12.6. The quantitative estimate of drug-likeness (QED) is 0.919. The van der Waals surface area contributed by atoms with Crippen molar-refractivity contribution in [2.75, 3.05) is 6.54 Å². The molecule has 1 fully saturated rings. The molecule has 20 heavy (non-hydrogen) atoms. The number of rotatable bonds is 3. The van der Waals surface area contributed by atoms with E-state index < -0.39 is 21.5 Å². The van der Waals surface area contributed by atoms with Crippen LogP contribution in [0, 0.1) is 0 Å². The predicted octanol–water partition coefficient (Wildman–Crippen LogP) is 2.62. The Labute approximate surface area is 127 Å². The molecule has 1 atom stereocenters. The van der Waals surface area contributed by atoms with Gasteiger partial charge in [0.05, 0.1) is 5.02 Å². The van der Waals surface area contributed by atoms with Crippen molar-refractivity contribution in [3.63, 3.8) is 0 Å².